The van der Waals surface area contributed by atoms with Gasteiger partial charge in [0.25, 0.3) is 20.2 Å². The van der Waals surface area contributed by atoms with E-state index in [-0.39, 0.29) is 26.1 Å². The first-order valence-electron chi connectivity index (χ1n) is 6.77. The minimum atomic E-state index is -3.59. The molecule has 0 unspecified atom stereocenters. The molecule has 9 nitrogen and oxygen atoms in total. The molecule has 0 aromatic heterocycles. The summed E-state index contributed by atoms with van der Waals surface area (Å²) in [6.07, 6.45) is 1.09. The van der Waals surface area contributed by atoms with Crippen LogP contribution in [0.1, 0.15) is 11.1 Å². The molecular weight excluding hydrogens is 362 g/mol. The van der Waals surface area contributed by atoms with Crippen molar-refractivity contribution in [1.82, 2.24) is 0 Å². The highest BCUT2D eigenvalue weighted by Gasteiger charge is 2.10. The lowest BCUT2D eigenvalue weighted by atomic mass is 10.0. The van der Waals surface area contributed by atoms with Crippen LogP contribution < -0.4 is 5.32 Å². The van der Waals surface area contributed by atoms with Crippen LogP contribution in [0.15, 0.2) is 18.2 Å². The van der Waals surface area contributed by atoms with E-state index >= 15 is 0 Å². The van der Waals surface area contributed by atoms with E-state index in [1.54, 1.807) is 6.07 Å². The Balaban J connectivity index is 2.88. The van der Waals surface area contributed by atoms with E-state index in [1.807, 2.05) is 0 Å². The molecule has 0 aliphatic rings. The maximum atomic E-state index is 11.0. The third-order valence-corrected chi connectivity index (χ3v) is 3.98. The lowest BCUT2D eigenvalue weighted by Gasteiger charge is -2.12. The SMILES string of the molecule is CS(=O)(=O)OCCc1ccc(NC(=O)O)cc1CCOS(C)(=O)=O. The number of hydrogen-bond donors (Lipinski definition) is 2. The van der Waals surface area contributed by atoms with Gasteiger partial charge in [-0.25, -0.2) is 4.79 Å². The maximum Gasteiger partial charge on any atom is 0.409 e. The van der Waals surface area contributed by atoms with Gasteiger partial charge in [-0.05, 0) is 36.1 Å². The highest BCUT2D eigenvalue weighted by atomic mass is 32.2. The molecular formula is C13H19NO8S2. The van der Waals surface area contributed by atoms with Crippen LogP contribution >= 0.6 is 0 Å². The summed E-state index contributed by atoms with van der Waals surface area (Å²) in [7, 11) is -7.15. The van der Waals surface area contributed by atoms with Gasteiger partial charge in [0.2, 0.25) is 0 Å². The summed E-state index contributed by atoms with van der Waals surface area (Å²) >= 11 is 0. The van der Waals surface area contributed by atoms with Crippen molar-refractivity contribution in [3.8, 4) is 0 Å². The number of benzene rings is 1. The Labute approximate surface area is 140 Å². The van der Waals surface area contributed by atoms with Crippen molar-refractivity contribution in [3.63, 3.8) is 0 Å². The van der Waals surface area contributed by atoms with Gasteiger partial charge >= 0.3 is 6.09 Å². The van der Waals surface area contributed by atoms with Crippen LogP contribution in [0.25, 0.3) is 0 Å². The largest absolute Gasteiger partial charge is 0.465 e. The minimum absolute atomic E-state index is 0.0789. The number of amides is 1. The molecule has 0 bridgehead atoms. The molecule has 0 atom stereocenters. The fourth-order valence-corrected chi connectivity index (χ4v) is 2.68. The van der Waals surface area contributed by atoms with Crippen molar-refractivity contribution in [2.75, 3.05) is 31.0 Å². The molecule has 1 aromatic rings. The van der Waals surface area contributed by atoms with Crippen LogP contribution in [0.3, 0.4) is 0 Å². The van der Waals surface area contributed by atoms with Gasteiger partial charge in [0.15, 0.2) is 0 Å². The summed E-state index contributed by atoms with van der Waals surface area (Å²) in [6, 6.07) is 4.67. The minimum Gasteiger partial charge on any atom is -0.465 e. The quantitative estimate of drug-likeness (QED) is 0.600. The molecule has 0 aliphatic heterocycles. The second-order valence-electron chi connectivity index (χ2n) is 4.97. The number of anilines is 1. The van der Waals surface area contributed by atoms with E-state index in [1.165, 1.54) is 12.1 Å². The highest BCUT2D eigenvalue weighted by molar-refractivity contribution is 7.86. The Kier molecular flexibility index (Phi) is 7.14. The van der Waals surface area contributed by atoms with Gasteiger partial charge < -0.3 is 5.11 Å². The third-order valence-electron chi connectivity index (χ3n) is 2.80. The summed E-state index contributed by atoms with van der Waals surface area (Å²) < 4.78 is 53.3. The molecule has 1 rings (SSSR count). The Morgan fingerprint density at radius 1 is 1.00 bits per heavy atom. The first-order valence-corrected chi connectivity index (χ1v) is 10.4. The van der Waals surface area contributed by atoms with E-state index in [0.717, 1.165) is 12.5 Å². The van der Waals surface area contributed by atoms with Crippen molar-refractivity contribution in [2.45, 2.75) is 12.8 Å². The second-order valence-corrected chi connectivity index (χ2v) is 8.25. The molecule has 0 saturated carbocycles. The van der Waals surface area contributed by atoms with Gasteiger partial charge in [0.05, 0.1) is 25.7 Å². The van der Waals surface area contributed by atoms with Gasteiger partial charge in [0.1, 0.15) is 0 Å². The molecule has 136 valence electrons. The molecule has 0 heterocycles. The Morgan fingerprint density at radius 2 is 1.50 bits per heavy atom. The molecule has 0 radical (unpaired) electrons. The monoisotopic (exact) mass is 381 g/mol. The number of carbonyl (C=O) groups is 1. The van der Waals surface area contributed by atoms with Crippen molar-refractivity contribution in [1.29, 1.82) is 0 Å². The Bertz CT molecular complexity index is 786. The smallest absolute Gasteiger partial charge is 0.409 e. The Morgan fingerprint density at radius 3 is 1.96 bits per heavy atom. The third kappa shape index (κ3) is 8.82. The molecule has 0 spiro atoms. The van der Waals surface area contributed by atoms with Gasteiger partial charge in [-0.15, -0.1) is 0 Å². The zero-order valence-electron chi connectivity index (χ0n) is 13.2. The Hall–Kier alpha value is -1.69. The zero-order valence-corrected chi connectivity index (χ0v) is 14.8. The van der Waals surface area contributed by atoms with Crippen molar-refractivity contribution < 1.29 is 35.1 Å². The van der Waals surface area contributed by atoms with Crippen molar-refractivity contribution in [3.05, 3.63) is 29.3 Å². The molecule has 24 heavy (non-hydrogen) atoms. The average Bonchev–Trinajstić information content (AvgIpc) is 2.37. The number of hydrogen-bond acceptors (Lipinski definition) is 7. The lowest BCUT2D eigenvalue weighted by Crippen LogP contribution is -2.12. The molecule has 0 saturated heterocycles. The van der Waals surface area contributed by atoms with Crippen molar-refractivity contribution in [2.24, 2.45) is 0 Å². The van der Waals surface area contributed by atoms with Gasteiger partial charge in [-0.1, -0.05) is 6.07 Å². The number of nitrogens with one attached hydrogen (secondary N) is 1. The van der Waals surface area contributed by atoms with Crippen LogP contribution in [-0.2, 0) is 41.4 Å². The predicted octanol–water partition coefficient (Wildman–Crippen LogP) is 0.814. The summed E-state index contributed by atoms with van der Waals surface area (Å²) in [5.41, 5.74) is 1.64. The lowest BCUT2D eigenvalue weighted by molar-refractivity contribution is 0.209. The van der Waals surface area contributed by atoms with Crippen LogP contribution in [0.4, 0.5) is 10.5 Å². The molecule has 11 heteroatoms. The van der Waals surface area contributed by atoms with E-state index < -0.39 is 26.3 Å². The molecule has 0 aliphatic carbocycles. The summed E-state index contributed by atoms with van der Waals surface area (Å²) in [6.45, 7) is -0.195. The van der Waals surface area contributed by atoms with E-state index in [2.05, 4.69) is 13.7 Å². The molecule has 1 aromatic carbocycles. The standard InChI is InChI=1S/C13H19NO8S2/c1-23(17,18)21-7-5-10-3-4-12(14-13(15)16)9-11(10)6-8-22-24(2,19)20/h3-4,9,14H,5-8H2,1-2H3,(H,15,16). The number of rotatable bonds is 9. The van der Waals surface area contributed by atoms with Crippen LogP contribution in [0.5, 0.6) is 0 Å². The normalized spacial score (nSPS) is 12.1. The van der Waals surface area contributed by atoms with E-state index in [0.29, 0.717) is 16.8 Å². The molecule has 2 N–H and O–H groups in total. The van der Waals surface area contributed by atoms with Crippen LogP contribution in [-0.4, -0.2) is 53.8 Å². The molecule has 0 fully saturated rings. The molecule has 1 amide bonds. The topological polar surface area (TPSA) is 136 Å². The van der Waals surface area contributed by atoms with Crippen LogP contribution in [0, 0.1) is 0 Å². The fourth-order valence-electron chi connectivity index (χ4n) is 1.91. The van der Waals surface area contributed by atoms with Gasteiger partial charge in [-0.3, -0.25) is 13.7 Å². The first kappa shape index (κ1) is 20.4. The van der Waals surface area contributed by atoms with Crippen molar-refractivity contribution >= 4 is 32.0 Å². The highest BCUT2D eigenvalue weighted by Crippen LogP contribution is 2.18. The van der Waals surface area contributed by atoms with Crippen LogP contribution in [0.2, 0.25) is 0 Å². The second kappa shape index (κ2) is 8.42. The fraction of sp³-hybridized carbons (Fsp3) is 0.462. The van der Waals surface area contributed by atoms with Gasteiger partial charge in [0, 0.05) is 5.69 Å². The maximum absolute atomic E-state index is 11.0. The van der Waals surface area contributed by atoms with E-state index in [9.17, 15) is 21.6 Å². The summed E-state index contributed by atoms with van der Waals surface area (Å²) in [4.78, 5) is 10.7. The number of carboxylic acid groups (broad SMARTS) is 1. The van der Waals surface area contributed by atoms with E-state index in [4.69, 9.17) is 5.11 Å². The van der Waals surface area contributed by atoms with Gasteiger partial charge in [-0.2, -0.15) is 16.8 Å². The zero-order chi connectivity index (χ0) is 18.4. The first-order chi connectivity index (χ1) is 11.0. The average molecular weight is 381 g/mol. The predicted molar refractivity (Wildman–Crippen MR) is 87.1 cm³/mol. The summed E-state index contributed by atoms with van der Waals surface area (Å²) in [5, 5.41) is 10.9. The summed E-state index contributed by atoms with van der Waals surface area (Å²) in [5.74, 6) is 0.